The Morgan fingerprint density at radius 2 is 1.45 bits per heavy atom. The van der Waals surface area contributed by atoms with Crippen LogP contribution in [0, 0.1) is 12.1 Å². The minimum Gasteiger partial charge on any atom is -0.305 e. The van der Waals surface area contributed by atoms with Gasteiger partial charge < -0.3 is 9.97 Å². The largest absolute Gasteiger partial charge is 0.305 e. The molecule has 1 aliphatic carbocycles. The van der Waals surface area contributed by atoms with E-state index in [1.807, 2.05) is 48.7 Å². The molecule has 2 heterocycles. The maximum absolute atomic E-state index is 4.77. The van der Waals surface area contributed by atoms with Gasteiger partial charge in [0.15, 0.2) is 0 Å². The Balaban J connectivity index is 0.000000238. The Morgan fingerprint density at radius 1 is 0.725 bits per heavy atom. The van der Waals surface area contributed by atoms with E-state index in [-0.39, 0.29) is 30.9 Å². The van der Waals surface area contributed by atoms with E-state index in [9.17, 15) is 0 Å². The Hall–Kier alpha value is -3.39. The molecule has 0 aliphatic heterocycles. The third kappa shape index (κ3) is 5.59. The van der Waals surface area contributed by atoms with E-state index in [1.165, 1.54) is 27.8 Å². The number of nitrogens with zero attached hydrogens (tertiary/aromatic N) is 2. The second-order valence-electron chi connectivity index (χ2n) is 11.0. The summed E-state index contributed by atoms with van der Waals surface area (Å²) in [5, 5.41) is 0. The first-order valence-electron chi connectivity index (χ1n) is 13.9. The number of aromatic nitrogens is 2. The van der Waals surface area contributed by atoms with Gasteiger partial charge in [0.1, 0.15) is 0 Å². The zero-order valence-electron chi connectivity index (χ0n) is 24.0. The van der Waals surface area contributed by atoms with E-state index in [0.29, 0.717) is 0 Å². The first-order valence-corrected chi connectivity index (χ1v) is 13.9. The third-order valence-corrected chi connectivity index (χ3v) is 8.44. The summed E-state index contributed by atoms with van der Waals surface area (Å²) in [6.07, 6.45) is 6.01. The van der Waals surface area contributed by atoms with Gasteiger partial charge in [0.25, 0.3) is 0 Å². The van der Waals surface area contributed by atoms with Gasteiger partial charge in [0, 0.05) is 32.5 Å². The molecular formula is C37H36IrN2-2. The molecule has 0 unspecified atom stereocenters. The summed E-state index contributed by atoms with van der Waals surface area (Å²) >= 11 is 0. The van der Waals surface area contributed by atoms with Crippen molar-refractivity contribution in [3.05, 3.63) is 132 Å². The van der Waals surface area contributed by atoms with Gasteiger partial charge in [-0.25, -0.2) is 0 Å². The number of benzene rings is 3. The molecule has 205 valence electrons. The maximum Gasteiger partial charge on any atom is 0.0163 e. The normalized spacial score (nSPS) is 12.8. The molecular weight excluding hydrogens is 665 g/mol. The molecule has 3 aromatic carbocycles. The van der Waals surface area contributed by atoms with Crippen LogP contribution >= 0.6 is 0 Å². The van der Waals surface area contributed by atoms with E-state index >= 15 is 0 Å². The van der Waals surface area contributed by atoms with Crippen LogP contribution in [0.4, 0.5) is 0 Å². The van der Waals surface area contributed by atoms with Crippen LogP contribution in [0.25, 0.3) is 33.6 Å². The summed E-state index contributed by atoms with van der Waals surface area (Å²) in [5.74, 6) is 0. The van der Waals surface area contributed by atoms with Crippen molar-refractivity contribution in [3.8, 4) is 33.6 Å². The van der Waals surface area contributed by atoms with Gasteiger partial charge >= 0.3 is 0 Å². The van der Waals surface area contributed by atoms with Crippen molar-refractivity contribution in [3.63, 3.8) is 0 Å². The minimum atomic E-state index is -0.0461. The van der Waals surface area contributed by atoms with Crippen LogP contribution in [0.15, 0.2) is 103 Å². The number of pyridine rings is 2. The first kappa shape index (κ1) is 29.6. The van der Waals surface area contributed by atoms with E-state index < -0.39 is 0 Å². The van der Waals surface area contributed by atoms with E-state index in [1.54, 1.807) is 6.20 Å². The fraction of sp³-hybridized carbons (Fsp3) is 0.243. The monoisotopic (exact) mass is 701 g/mol. The van der Waals surface area contributed by atoms with Crippen LogP contribution in [0.1, 0.15) is 64.2 Å². The zero-order chi connectivity index (χ0) is 27.5. The van der Waals surface area contributed by atoms with Crippen molar-refractivity contribution < 1.29 is 20.1 Å². The molecule has 0 saturated heterocycles. The standard InChI is InChI=1S/C26H28N.C11H8N.Ir/c1-6-26(5,7-2)18-15-16-27-23(17-18)21-13-10-12-20-19-11-8-9-14-22(19)25(3,4)24(20)21;1-2-6-10(7-3-1)11-8-4-5-9-12-11;/h8-12,14-17H,6-7H2,1-5H3;1-6,8-9H;/q2*-1;. The SMILES string of the molecule is CCC(C)(CC)c1ccnc(-c2[c-]ccc3c2C(C)(C)c2ccccc2-3)c1.[Ir].[c-]1ccccc1-c1ccccn1. The van der Waals surface area contributed by atoms with Gasteiger partial charge in [-0.15, -0.1) is 65.2 Å². The number of rotatable bonds is 5. The molecule has 6 rings (SSSR count). The molecule has 0 amide bonds. The molecule has 2 aromatic heterocycles. The molecule has 5 aromatic rings. The van der Waals surface area contributed by atoms with Crippen molar-refractivity contribution in [2.75, 3.05) is 0 Å². The van der Waals surface area contributed by atoms with E-state index in [2.05, 4.69) is 100 Å². The summed E-state index contributed by atoms with van der Waals surface area (Å²) in [7, 11) is 0. The first-order chi connectivity index (χ1) is 18.9. The molecule has 0 atom stereocenters. The second kappa shape index (κ2) is 12.4. The van der Waals surface area contributed by atoms with E-state index in [0.717, 1.165) is 35.4 Å². The molecule has 3 heteroatoms. The molecule has 1 radical (unpaired) electrons. The molecule has 0 saturated carbocycles. The maximum atomic E-state index is 4.77. The van der Waals surface area contributed by atoms with Gasteiger partial charge in [-0.2, -0.15) is 0 Å². The average molecular weight is 701 g/mol. The Bertz CT molecular complexity index is 1520. The Labute approximate surface area is 253 Å². The van der Waals surface area contributed by atoms with E-state index in [4.69, 9.17) is 4.98 Å². The van der Waals surface area contributed by atoms with Gasteiger partial charge in [0.2, 0.25) is 0 Å². The van der Waals surface area contributed by atoms with Crippen molar-refractivity contribution >= 4 is 0 Å². The Kier molecular flexibility index (Phi) is 9.19. The van der Waals surface area contributed by atoms with Crippen LogP contribution in [-0.2, 0) is 30.9 Å². The van der Waals surface area contributed by atoms with Crippen molar-refractivity contribution in [1.29, 1.82) is 0 Å². The van der Waals surface area contributed by atoms with Crippen LogP contribution in [0.5, 0.6) is 0 Å². The topological polar surface area (TPSA) is 25.8 Å². The molecule has 0 spiro atoms. The number of hydrogen-bond donors (Lipinski definition) is 0. The van der Waals surface area contributed by atoms with Gasteiger partial charge in [0.05, 0.1) is 0 Å². The fourth-order valence-corrected chi connectivity index (χ4v) is 5.65. The summed E-state index contributed by atoms with van der Waals surface area (Å²) in [6, 6.07) is 37.8. The summed E-state index contributed by atoms with van der Waals surface area (Å²) in [6.45, 7) is 11.5. The van der Waals surface area contributed by atoms with Gasteiger partial charge in [-0.05, 0) is 63.9 Å². The second-order valence-corrected chi connectivity index (χ2v) is 11.0. The Morgan fingerprint density at radius 3 is 2.15 bits per heavy atom. The molecule has 1 aliphatic rings. The van der Waals surface area contributed by atoms with Crippen molar-refractivity contribution in [2.24, 2.45) is 0 Å². The van der Waals surface area contributed by atoms with Crippen LogP contribution in [0.2, 0.25) is 0 Å². The van der Waals surface area contributed by atoms with Gasteiger partial charge in [-0.1, -0.05) is 82.6 Å². The van der Waals surface area contributed by atoms with Crippen molar-refractivity contribution in [2.45, 2.75) is 58.3 Å². The van der Waals surface area contributed by atoms with Crippen LogP contribution in [0.3, 0.4) is 0 Å². The molecule has 0 N–H and O–H groups in total. The van der Waals surface area contributed by atoms with Crippen LogP contribution in [-0.4, -0.2) is 9.97 Å². The molecule has 2 nitrogen and oxygen atoms in total. The van der Waals surface area contributed by atoms with Crippen LogP contribution < -0.4 is 0 Å². The smallest absolute Gasteiger partial charge is 0.0163 e. The number of fused-ring (bicyclic) bond motifs is 3. The predicted molar refractivity (Wildman–Crippen MR) is 163 cm³/mol. The average Bonchev–Trinajstić information content (AvgIpc) is 3.25. The molecule has 0 bridgehead atoms. The summed E-state index contributed by atoms with van der Waals surface area (Å²) in [4.78, 5) is 8.98. The molecule has 40 heavy (non-hydrogen) atoms. The zero-order valence-corrected chi connectivity index (χ0v) is 26.4. The van der Waals surface area contributed by atoms with Gasteiger partial charge in [-0.3, -0.25) is 0 Å². The summed E-state index contributed by atoms with van der Waals surface area (Å²) in [5.41, 5.74) is 11.1. The minimum absolute atomic E-state index is 0. The van der Waals surface area contributed by atoms with Crippen molar-refractivity contribution in [1.82, 2.24) is 9.97 Å². The quantitative estimate of drug-likeness (QED) is 0.171. The predicted octanol–water partition coefficient (Wildman–Crippen LogP) is 9.48. The number of hydrogen-bond acceptors (Lipinski definition) is 2. The fourth-order valence-electron chi connectivity index (χ4n) is 5.65. The summed E-state index contributed by atoms with van der Waals surface area (Å²) < 4.78 is 0. The third-order valence-electron chi connectivity index (χ3n) is 8.44. The molecule has 0 fully saturated rings.